The summed E-state index contributed by atoms with van der Waals surface area (Å²) in [6.07, 6.45) is -2.51. The molecule has 1 heterocycles. The van der Waals surface area contributed by atoms with Crippen molar-refractivity contribution in [3.8, 4) is 0 Å². The van der Waals surface area contributed by atoms with Crippen LogP contribution in [0.4, 0.5) is 8.78 Å². The van der Waals surface area contributed by atoms with E-state index in [1.165, 1.54) is 0 Å². The number of aromatic nitrogens is 1. The Morgan fingerprint density at radius 1 is 1.62 bits per heavy atom. The minimum atomic E-state index is -2.51. The summed E-state index contributed by atoms with van der Waals surface area (Å²) in [5.41, 5.74) is 0.951. The Labute approximate surface area is 93.6 Å². The van der Waals surface area contributed by atoms with Gasteiger partial charge in [-0.05, 0) is 35.6 Å². The van der Waals surface area contributed by atoms with E-state index in [4.69, 9.17) is 11.6 Å². The van der Waals surface area contributed by atoms with Gasteiger partial charge in [0.2, 0.25) is 0 Å². The highest BCUT2D eigenvalue weighted by Crippen LogP contribution is 2.28. The molecule has 0 aliphatic carbocycles. The fourth-order valence-electron chi connectivity index (χ4n) is 1.04. The van der Waals surface area contributed by atoms with Crippen LogP contribution >= 0.6 is 34.2 Å². The fourth-order valence-corrected chi connectivity index (χ4v) is 2.24. The maximum Gasteiger partial charge on any atom is 0.266 e. The number of aryl methyl sites for hydroxylation is 1. The lowest BCUT2D eigenvalue weighted by molar-refractivity contribution is 0.149. The number of alkyl halides is 3. The number of rotatable bonds is 2. The van der Waals surface area contributed by atoms with Crippen LogP contribution in [0.25, 0.3) is 0 Å². The number of hydrogen-bond acceptors (Lipinski definition) is 1. The first-order valence-electron chi connectivity index (χ1n) is 3.56. The van der Waals surface area contributed by atoms with E-state index in [9.17, 15) is 8.78 Å². The van der Waals surface area contributed by atoms with Crippen molar-refractivity contribution in [3.05, 3.63) is 26.6 Å². The zero-order valence-electron chi connectivity index (χ0n) is 6.82. The Balaban J connectivity index is 3.30. The third kappa shape index (κ3) is 2.49. The molecule has 1 rings (SSSR count). The van der Waals surface area contributed by atoms with Crippen LogP contribution in [0.5, 0.6) is 0 Å². The fraction of sp³-hybridized carbons (Fsp3) is 0.375. The van der Waals surface area contributed by atoms with Crippen LogP contribution in [-0.4, -0.2) is 4.98 Å². The van der Waals surface area contributed by atoms with Gasteiger partial charge in [-0.15, -0.1) is 11.6 Å². The molecule has 0 saturated heterocycles. The Bertz CT molecular complexity index is 317. The van der Waals surface area contributed by atoms with E-state index >= 15 is 0 Å². The zero-order chi connectivity index (χ0) is 10.0. The van der Waals surface area contributed by atoms with Crippen molar-refractivity contribution < 1.29 is 8.78 Å². The van der Waals surface area contributed by atoms with Gasteiger partial charge < -0.3 is 0 Å². The van der Waals surface area contributed by atoms with Crippen LogP contribution in [0.2, 0.25) is 0 Å². The summed E-state index contributed by atoms with van der Waals surface area (Å²) >= 11 is 7.39. The molecular formula is C8H7ClF2IN. The molecule has 1 nitrogen and oxygen atoms in total. The van der Waals surface area contributed by atoms with Gasteiger partial charge in [-0.25, -0.2) is 8.78 Å². The van der Waals surface area contributed by atoms with Gasteiger partial charge in [-0.2, -0.15) is 0 Å². The van der Waals surface area contributed by atoms with E-state index in [0.29, 0.717) is 9.26 Å². The van der Waals surface area contributed by atoms with E-state index in [1.54, 1.807) is 13.0 Å². The van der Waals surface area contributed by atoms with Crippen LogP contribution in [0.15, 0.2) is 6.07 Å². The molecule has 0 fully saturated rings. The molecule has 0 radical (unpaired) electrons. The summed E-state index contributed by atoms with van der Waals surface area (Å²) in [7, 11) is 0. The highest BCUT2D eigenvalue weighted by molar-refractivity contribution is 14.1. The third-order valence-corrected chi connectivity index (χ3v) is 2.71. The summed E-state index contributed by atoms with van der Waals surface area (Å²) in [5, 5.41) is 0. The minimum absolute atomic E-state index is 0.0252. The number of nitrogens with zero attached hydrogens (tertiary/aromatic N) is 1. The largest absolute Gasteiger partial charge is 0.266 e. The molecule has 72 valence electrons. The quantitative estimate of drug-likeness (QED) is 0.599. The van der Waals surface area contributed by atoms with Crippen molar-refractivity contribution in [2.75, 3.05) is 0 Å². The Morgan fingerprint density at radius 3 is 2.69 bits per heavy atom. The van der Waals surface area contributed by atoms with E-state index in [-0.39, 0.29) is 17.1 Å². The second kappa shape index (κ2) is 4.50. The molecule has 0 bridgehead atoms. The summed E-state index contributed by atoms with van der Waals surface area (Å²) in [6, 6.07) is 1.62. The van der Waals surface area contributed by atoms with Gasteiger partial charge >= 0.3 is 0 Å². The maximum atomic E-state index is 12.5. The minimum Gasteiger partial charge on any atom is -0.256 e. The Kier molecular flexibility index (Phi) is 3.85. The van der Waals surface area contributed by atoms with E-state index in [1.807, 2.05) is 22.6 Å². The molecule has 0 aliphatic heterocycles. The van der Waals surface area contributed by atoms with Crippen molar-refractivity contribution >= 4 is 34.2 Å². The van der Waals surface area contributed by atoms with Crippen molar-refractivity contribution in [2.24, 2.45) is 0 Å². The normalized spacial score (nSPS) is 10.9. The van der Waals surface area contributed by atoms with Gasteiger partial charge in [0.25, 0.3) is 6.43 Å². The first-order chi connectivity index (χ1) is 6.06. The van der Waals surface area contributed by atoms with E-state index < -0.39 is 6.43 Å². The summed E-state index contributed by atoms with van der Waals surface area (Å²) in [5.74, 6) is 0.0252. The predicted octanol–water partition coefficient (Wildman–Crippen LogP) is 3.67. The van der Waals surface area contributed by atoms with Crippen molar-refractivity contribution in [1.82, 2.24) is 4.98 Å². The van der Waals surface area contributed by atoms with Crippen molar-refractivity contribution in [2.45, 2.75) is 19.2 Å². The topological polar surface area (TPSA) is 12.9 Å². The molecule has 5 heteroatoms. The molecule has 0 aliphatic rings. The molecule has 0 saturated carbocycles. The highest BCUT2D eigenvalue weighted by atomic mass is 127. The molecule has 0 N–H and O–H groups in total. The maximum absolute atomic E-state index is 12.5. The highest BCUT2D eigenvalue weighted by Gasteiger charge is 2.17. The predicted molar refractivity (Wildman–Crippen MR) is 56.2 cm³/mol. The van der Waals surface area contributed by atoms with Gasteiger partial charge in [0.15, 0.2) is 0 Å². The van der Waals surface area contributed by atoms with Crippen molar-refractivity contribution in [1.29, 1.82) is 0 Å². The Morgan fingerprint density at radius 2 is 2.23 bits per heavy atom. The van der Waals surface area contributed by atoms with Crippen LogP contribution in [-0.2, 0) is 5.88 Å². The summed E-state index contributed by atoms with van der Waals surface area (Å²) < 4.78 is 25.5. The van der Waals surface area contributed by atoms with Crippen LogP contribution in [0.3, 0.4) is 0 Å². The molecule has 13 heavy (non-hydrogen) atoms. The molecule has 0 spiro atoms. The zero-order valence-corrected chi connectivity index (χ0v) is 9.73. The molecule has 1 aromatic heterocycles. The van der Waals surface area contributed by atoms with Gasteiger partial charge in [0, 0.05) is 9.26 Å². The molecule has 0 aromatic carbocycles. The molecule has 0 atom stereocenters. The van der Waals surface area contributed by atoms with Crippen LogP contribution in [0.1, 0.15) is 23.4 Å². The van der Waals surface area contributed by atoms with E-state index in [0.717, 1.165) is 0 Å². The lowest BCUT2D eigenvalue weighted by Crippen LogP contribution is -2.01. The molecular weight excluding hydrogens is 310 g/mol. The van der Waals surface area contributed by atoms with E-state index in [2.05, 4.69) is 4.98 Å². The van der Waals surface area contributed by atoms with Gasteiger partial charge in [-0.1, -0.05) is 0 Å². The number of halogens is 4. The standard InChI is InChI=1S/C8H7ClF2IN/c1-4-2-5(12)7(8(10)11)6(3-9)13-4/h2,8H,3H2,1H3. The van der Waals surface area contributed by atoms with Crippen molar-refractivity contribution in [3.63, 3.8) is 0 Å². The molecule has 1 aromatic rings. The second-order valence-corrected chi connectivity index (χ2v) is 3.97. The average molecular weight is 318 g/mol. The van der Waals surface area contributed by atoms with Gasteiger partial charge in [0.05, 0.1) is 17.1 Å². The average Bonchev–Trinajstić information content (AvgIpc) is 2.01. The monoisotopic (exact) mass is 317 g/mol. The van der Waals surface area contributed by atoms with Crippen LogP contribution in [0, 0.1) is 10.5 Å². The first kappa shape index (κ1) is 11.1. The SMILES string of the molecule is Cc1cc(I)c(C(F)F)c(CCl)n1. The molecule has 0 amide bonds. The number of pyridine rings is 1. The van der Waals surface area contributed by atoms with Gasteiger partial charge in [-0.3, -0.25) is 4.98 Å². The van der Waals surface area contributed by atoms with Gasteiger partial charge in [0.1, 0.15) is 0 Å². The van der Waals surface area contributed by atoms with Crippen LogP contribution < -0.4 is 0 Å². The number of hydrogen-bond donors (Lipinski definition) is 0. The lowest BCUT2D eigenvalue weighted by Gasteiger charge is -2.08. The third-order valence-electron chi connectivity index (χ3n) is 1.56. The molecule has 0 unspecified atom stereocenters. The Hall–Kier alpha value is 0.0300. The second-order valence-electron chi connectivity index (χ2n) is 2.54. The first-order valence-corrected chi connectivity index (χ1v) is 5.17. The lowest BCUT2D eigenvalue weighted by atomic mass is 10.2. The summed E-state index contributed by atoms with van der Waals surface area (Å²) in [6.45, 7) is 1.76. The summed E-state index contributed by atoms with van der Waals surface area (Å²) in [4.78, 5) is 3.96. The smallest absolute Gasteiger partial charge is 0.256 e.